The maximum absolute atomic E-state index is 12.8. The van der Waals surface area contributed by atoms with Crippen molar-refractivity contribution in [1.29, 1.82) is 0 Å². The second-order valence-corrected chi connectivity index (χ2v) is 6.31. The molecule has 0 bridgehead atoms. The molecule has 27 heavy (non-hydrogen) atoms. The van der Waals surface area contributed by atoms with Crippen LogP contribution in [0.2, 0.25) is 0 Å². The summed E-state index contributed by atoms with van der Waals surface area (Å²) in [5, 5.41) is 0.931. The van der Waals surface area contributed by atoms with Gasteiger partial charge in [-0.25, -0.2) is 4.79 Å². The van der Waals surface area contributed by atoms with Gasteiger partial charge in [0, 0.05) is 19.5 Å². The van der Waals surface area contributed by atoms with E-state index >= 15 is 0 Å². The Morgan fingerprint density at radius 1 is 1.15 bits per heavy atom. The number of nitrogens with two attached hydrogens (primary N) is 1. The van der Waals surface area contributed by atoms with Crippen molar-refractivity contribution in [3.8, 4) is 0 Å². The van der Waals surface area contributed by atoms with Crippen molar-refractivity contribution < 1.29 is 9.53 Å². The van der Waals surface area contributed by atoms with E-state index in [4.69, 9.17) is 10.5 Å². The first-order valence-electron chi connectivity index (χ1n) is 8.63. The number of nitrogen functional groups attached to an aromatic ring is 1. The predicted octanol–water partition coefficient (Wildman–Crippen LogP) is 2.30. The quantitative estimate of drug-likeness (QED) is 0.685. The molecule has 0 amide bonds. The van der Waals surface area contributed by atoms with Gasteiger partial charge in [-0.15, -0.1) is 0 Å². The maximum atomic E-state index is 12.8. The summed E-state index contributed by atoms with van der Waals surface area (Å²) >= 11 is 0. The molecule has 8 nitrogen and oxygen atoms in total. The summed E-state index contributed by atoms with van der Waals surface area (Å²) in [6.45, 7) is 3.77. The van der Waals surface area contributed by atoms with Crippen LogP contribution in [0.15, 0.2) is 24.3 Å². The van der Waals surface area contributed by atoms with Crippen LogP contribution in [0, 0.1) is 6.92 Å². The van der Waals surface area contributed by atoms with E-state index in [2.05, 4.69) is 19.9 Å². The number of nitrogens with zero attached hydrogens (tertiary/aromatic N) is 5. The van der Waals surface area contributed by atoms with Crippen LogP contribution >= 0.6 is 0 Å². The second kappa shape index (κ2) is 7.53. The van der Waals surface area contributed by atoms with E-state index in [-0.39, 0.29) is 12.6 Å². The number of fused-ring (bicyclic) bond motifs is 1. The first kappa shape index (κ1) is 18.5. The van der Waals surface area contributed by atoms with Crippen molar-refractivity contribution in [2.24, 2.45) is 0 Å². The summed E-state index contributed by atoms with van der Waals surface area (Å²) in [4.78, 5) is 31.4. The third-order valence-corrected chi connectivity index (χ3v) is 4.19. The van der Waals surface area contributed by atoms with Crippen molar-refractivity contribution in [3.63, 3.8) is 0 Å². The fourth-order valence-corrected chi connectivity index (χ4v) is 2.86. The Hall–Kier alpha value is -3.29. The fourth-order valence-electron chi connectivity index (χ4n) is 2.86. The van der Waals surface area contributed by atoms with E-state index < -0.39 is 5.97 Å². The molecule has 2 N–H and O–H groups in total. The van der Waals surface area contributed by atoms with E-state index in [9.17, 15) is 4.79 Å². The highest BCUT2D eigenvalue weighted by Crippen LogP contribution is 2.24. The monoisotopic (exact) mass is 366 g/mol. The molecule has 0 spiro atoms. The Kier molecular flexibility index (Phi) is 5.16. The zero-order chi connectivity index (χ0) is 19.6. The Labute approximate surface area is 157 Å². The Balaban J connectivity index is 1.90. The van der Waals surface area contributed by atoms with Gasteiger partial charge in [-0.05, 0) is 25.0 Å². The standard InChI is InChI=1S/C19H22N6O2/c1-5-13-16(11(2)12-8-6-7-9-14(12)21-13)17(26)27-10-15-22-18(20)24-19(23-15)25(3)4/h6-9H,5,10H2,1-4H3,(H2,20,22,23,24). The molecule has 0 unspecified atom stereocenters. The average molecular weight is 366 g/mol. The van der Waals surface area contributed by atoms with Gasteiger partial charge >= 0.3 is 5.97 Å². The molecule has 0 saturated carbocycles. The molecule has 0 aliphatic heterocycles. The number of carbonyl (C=O) groups is 1. The summed E-state index contributed by atoms with van der Waals surface area (Å²) in [6, 6.07) is 7.74. The van der Waals surface area contributed by atoms with E-state index in [1.54, 1.807) is 19.0 Å². The van der Waals surface area contributed by atoms with Crippen LogP contribution in [-0.4, -0.2) is 40.0 Å². The van der Waals surface area contributed by atoms with Gasteiger partial charge in [-0.2, -0.15) is 15.0 Å². The van der Waals surface area contributed by atoms with E-state index in [0.29, 0.717) is 29.5 Å². The van der Waals surface area contributed by atoms with Gasteiger partial charge in [0.05, 0.1) is 16.8 Å². The molecule has 2 aromatic heterocycles. The van der Waals surface area contributed by atoms with Gasteiger partial charge in [0.2, 0.25) is 11.9 Å². The molecule has 1 aromatic carbocycles. The highest BCUT2D eigenvalue weighted by molar-refractivity contribution is 5.98. The molecule has 0 radical (unpaired) electrons. The number of benzene rings is 1. The number of para-hydroxylation sites is 1. The Morgan fingerprint density at radius 2 is 1.89 bits per heavy atom. The molecule has 0 aliphatic carbocycles. The minimum Gasteiger partial charge on any atom is -0.454 e. The number of hydrogen-bond donors (Lipinski definition) is 1. The highest BCUT2D eigenvalue weighted by atomic mass is 16.5. The van der Waals surface area contributed by atoms with Crippen LogP contribution in [0.5, 0.6) is 0 Å². The van der Waals surface area contributed by atoms with Gasteiger partial charge in [-0.1, -0.05) is 25.1 Å². The molecular formula is C19H22N6O2. The van der Waals surface area contributed by atoms with Crippen LogP contribution in [0.4, 0.5) is 11.9 Å². The minimum atomic E-state index is -0.451. The lowest BCUT2D eigenvalue weighted by Gasteiger charge is -2.14. The number of esters is 1. The smallest absolute Gasteiger partial charge is 0.340 e. The third-order valence-electron chi connectivity index (χ3n) is 4.19. The number of aromatic nitrogens is 4. The van der Waals surface area contributed by atoms with Crippen molar-refractivity contribution >= 4 is 28.8 Å². The third kappa shape index (κ3) is 3.79. The predicted molar refractivity (Wildman–Crippen MR) is 104 cm³/mol. The largest absolute Gasteiger partial charge is 0.454 e. The summed E-state index contributed by atoms with van der Waals surface area (Å²) in [5.41, 5.74) is 8.63. The van der Waals surface area contributed by atoms with Crippen LogP contribution in [0.25, 0.3) is 10.9 Å². The first-order valence-corrected chi connectivity index (χ1v) is 8.63. The molecular weight excluding hydrogens is 344 g/mol. The second-order valence-electron chi connectivity index (χ2n) is 6.31. The summed E-state index contributed by atoms with van der Waals surface area (Å²) in [6.07, 6.45) is 0.625. The molecule has 2 heterocycles. The van der Waals surface area contributed by atoms with E-state index in [1.165, 1.54) is 0 Å². The molecule has 8 heteroatoms. The maximum Gasteiger partial charge on any atom is 0.340 e. The van der Waals surface area contributed by atoms with Gasteiger partial charge in [0.15, 0.2) is 12.4 Å². The van der Waals surface area contributed by atoms with Crippen molar-refractivity contribution in [2.45, 2.75) is 26.9 Å². The topological polar surface area (TPSA) is 107 Å². The number of pyridine rings is 1. The van der Waals surface area contributed by atoms with Crippen molar-refractivity contribution in [1.82, 2.24) is 19.9 Å². The van der Waals surface area contributed by atoms with E-state index in [0.717, 1.165) is 16.5 Å². The molecule has 0 fully saturated rings. The van der Waals surface area contributed by atoms with Gasteiger partial charge in [-0.3, -0.25) is 4.98 Å². The average Bonchev–Trinajstić information content (AvgIpc) is 2.65. The number of hydrogen-bond acceptors (Lipinski definition) is 8. The summed E-state index contributed by atoms with van der Waals surface area (Å²) < 4.78 is 5.47. The fraction of sp³-hybridized carbons (Fsp3) is 0.316. The summed E-state index contributed by atoms with van der Waals surface area (Å²) in [5.74, 6) is 0.334. The molecule has 0 aliphatic rings. The normalized spacial score (nSPS) is 10.8. The number of aryl methyl sites for hydroxylation is 2. The zero-order valence-corrected chi connectivity index (χ0v) is 15.9. The lowest BCUT2D eigenvalue weighted by Crippen LogP contribution is -2.18. The summed E-state index contributed by atoms with van der Waals surface area (Å²) in [7, 11) is 3.59. The lowest BCUT2D eigenvalue weighted by molar-refractivity contribution is 0.0459. The molecule has 0 atom stereocenters. The molecule has 0 saturated heterocycles. The van der Waals surface area contributed by atoms with Crippen LogP contribution in [0.1, 0.15) is 34.4 Å². The lowest BCUT2D eigenvalue weighted by atomic mass is 10.0. The van der Waals surface area contributed by atoms with Crippen LogP contribution in [0.3, 0.4) is 0 Å². The van der Waals surface area contributed by atoms with Crippen molar-refractivity contribution in [3.05, 3.63) is 46.9 Å². The first-order chi connectivity index (χ1) is 12.9. The van der Waals surface area contributed by atoms with Gasteiger partial charge in [0.25, 0.3) is 0 Å². The Morgan fingerprint density at radius 3 is 2.59 bits per heavy atom. The minimum absolute atomic E-state index is 0.0811. The van der Waals surface area contributed by atoms with Crippen LogP contribution in [-0.2, 0) is 17.8 Å². The molecule has 3 aromatic rings. The Bertz CT molecular complexity index is 1000. The molecule has 3 rings (SSSR count). The SMILES string of the molecule is CCc1nc2ccccc2c(C)c1C(=O)OCc1nc(N)nc(N(C)C)n1. The zero-order valence-electron chi connectivity index (χ0n) is 15.9. The number of carbonyl (C=O) groups excluding carboxylic acids is 1. The number of ether oxygens (including phenoxy) is 1. The number of rotatable bonds is 5. The van der Waals surface area contributed by atoms with Gasteiger partial charge in [0.1, 0.15) is 0 Å². The van der Waals surface area contributed by atoms with Gasteiger partial charge < -0.3 is 15.4 Å². The highest BCUT2D eigenvalue weighted by Gasteiger charge is 2.20. The van der Waals surface area contributed by atoms with Crippen LogP contribution < -0.4 is 10.6 Å². The number of anilines is 2. The van der Waals surface area contributed by atoms with E-state index in [1.807, 2.05) is 38.1 Å². The molecule has 140 valence electrons. The van der Waals surface area contributed by atoms with Crippen molar-refractivity contribution in [2.75, 3.05) is 24.7 Å².